The normalized spacial score (nSPS) is 14.8. The van der Waals surface area contributed by atoms with Crippen LogP contribution in [-0.4, -0.2) is 62.3 Å². The number of piperazine rings is 1. The summed E-state index contributed by atoms with van der Waals surface area (Å²) >= 11 is 0. The zero-order chi connectivity index (χ0) is 21.9. The Balaban J connectivity index is 1.72. The number of carbonyl (C=O) groups excluding carboxylic acids is 2. The summed E-state index contributed by atoms with van der Waals surface area (Å²) in [5.74, 6) is -0.271. The van der Waals surface area contributed by atoms with Crippen LogP contribution in [0.3, 0.4) is 0 Å². The van der Waals surface area contributed by atoms with Gasteiger partial charge in [-0.25, -0.2) is 13.1 Å². The molecule has 2 aromatic rings. The molecule has 0 aromatic heterocycles. The fourth-order valence-electron chi connectivity index (χ4n) is 3.42. The third-order valence-corrected chi connectivity index (χ3v) is 6.67. The summed E-state index contributed by atoms with van der Waals surface area (Å²) in [5.41, 5.74) is 1.71. The van der Waals surface area contributed by atoms with Crippen LogP contribution in [0.25, 0.3) is 0 Å². The van der Waals surface area contributed by atoms with Crippen LogP contribution in [0.5, 0.6) is 0 Å². The van der Waals surface area contributed by atoms with Crippen LogP contribution in [0.15, 0.2) is 53.4 Å². The molecule has 2 amide bonds. The number of benzene rings is 2. The molecule has 7 nitrogen and oxygen atoms in total. The van der Waals surface area contributed by atoms with Gasteiger partial charge in [0.1, 0.15) is 0 Å². The molecule has 30 heavy (non-hydrogen) atoms. The third-order valence-electron chi connectivity index (χ3n) is 5.02. The average molecular weight is 430 g/mol. The van der Waals surface area contributed by atoms with Crippen LogP contribution in [0.2, 0.25) is 0 Å². The molecule has 0 unspecified atom stereocenters. The molecule has 1 heterocycles. The van der Waals surface area contributed by atoms with E-state index in [0.29, 0.717) is 42.9 Å². The highest BCUT2D eigenvalue weighted by atomic mass is 32.2. The maximum atomic E-state index is 13.1. The Kier molecular flexibility index (Phi) is 6.58. The molecular formula is C22H27N3O4S. The fourth-order valence-corrected chi connectivity index (χ4v) is 4.70. The highest BCUT2D eigenvalue weighted by Crippen LogP contribution is 2.19. The van der Waals surface area contributed by atoms with E-state index in [2.05, 4.69) is 4.72 Å². The van der Waals surface area contributed by atoms with Crippen LogP contribution in [-0.2, 0) is 10.0 Å². The number of aryl methyl sites for hydroxylation is 1. The van der Waals surface area contributed by atoms with E-state index in [-0.39, 0.29) is 22.8 Å². The van der Waals surface area contributed by atoms with Crippen LogP contribution in [0, 0.1) is 6.92 Å². The largest absolute Gasteiger partial charge is 0.335 e. The van der Waals surface area contributed by atoms with Crippen molar-refractivity contribution in [3.8, 4) is 0 Å². The number of hydrogen-bond acceptors (Lipinski definition) is 4. The molecular weight excluding hydrogens is 402 g/mol. The van der Waals surface area contributed by atoms with Gasteiger partial charge < -0.3 is 9.80 Å². The number of hydrogen-bond donors (Lipinski definition) is 1. The number of rotatable bonds is 5. The van der Waals surface area contributed by atoms with Crippen LogP contribution in [0.1, 0.15) is 40.1 Å². The lowest BCUT2D eigenvalue weighted by Crippen LogP contribution is -2.50. The van der Waals surface area contributed by atoms with Gasteiger partial charge >= 0.3 is 0 Å². The van der Waals surface area contributed by atoms with Crippen molar-refractivity contribution in [3.63, 3.8) is 0 Å². The van der Waals surface area contributed by atoms with Gasteiger partial charge in [0.2, 0.25) is 10.0 Å². The Morgan fingerprint density at radius 2 is 1.47 bits per heavy atom. The van der Waals surface area contributed by atoms with Crippen molar-refractivity contribution in [2.75, 3.05) is 26.2 Å². The van der Waals surface area contributed by atoms with Crippen molar-refractivity contribution in [2.45, 2.75) is 31.7 Å². The van der Waals surface area contributed by atoms with Gasteiger partial charge in [0, 0.05) is 43.3 Å². The zero-order valence-corrected chi connectivity index (χ0v) is 18.3. The van der Waals surface area contributed by atoms with Gasteiger partial charge in [-0.15, -0.1) is 0 Å². The van der Waals surface area contributed by atoms with Gasteiger partial charge in [-0.3, -0.25) is 9.59 Å². The molecule has 2 aromatic carbocycles. The van der Waals surface area contributed by atoms with E-state index < -0.39 is 10.0 Å². The molecule has 160 valence electrons. The molecule has 1 aliphatic heterocycles. The standard InChI is InChI=1S/C22H27N3O4S/c1-16(2)23-30(28,29)19-10-9-17(3)20(15-19)22(27)25-13-11-24(12-14-25)21(26)18-7-5-4-6-8-18/h4-10,15-16,23H,11-14H2,1-3H3. The van der Waals surface area contributed by atoms with E-state index in [1.807, 2.05) is 18.2 Å². The molecule has 8 heteroatoms. The van der Waals surface area contributed by atoms with Gasteiger partial charge in [0.15, 0.2) is 0 Å². The molecule has 1 N–H and O–H groups in total. The van der Waals surface area contributed by atoms with Crippen molar-refractivity contribution in [1.82, 2.24) is 14.5 Å². The first kappa shape index (κ1) is 22.0. The molecule has 0 bridgehead atoms. The van der Waals surface area contributed by atoms with Gasteiger partial charge in [-0.1, -0.05) is 24.3 Å². The highest BCUT2D eigenvalue weighted by Gasteiger charge is 2.27. The Hall–Kier alpha value is -2.71. The second-order valence-corrected chi connectivity index (χ2v) is 9.42. The highest BCUT2D eigenvalue weighted by molar-refractivity contribution is 7.89. The van der Waals surface area contributed by atoms with E-state index in [4.69, 9.17) is 0 Å². The van der Waals surface area contributed by atoms with Gasteiger partial charge in [-0.05, 0) is 50.6 Å². The first-order valence-corrected chi connectivity index (χ1v) is 11.4. The predicted octanol–water partition coefficient (Wildman–Crippen LogP) is 2.28. The number of nitrogens with one attached hydrogen (secondary N) is 1. The van der Waals surface area contributed by atoms with E-state index in [1.54, 1.807) is 48.8 Å². The lowest BCUT2D eigenvalue weighted by Gasteiger charge is -2.35. The Labute approximate surface area is 177 Å². The monoisotopic (exact) mass is 429 g/mol. The van der Waals surface area contributed by atoms with Crippen molar-refractivity contribution in [2.24, 2.45) is 0 Å². The van der Waals surface area contributed by atoms with Crippen molar-refractivity contribution < 1.29 is 18.0 Å². The molecule has 3 rings (SSSR count). The smallest absolute Gasteiger partial charge is 0.254 e. The second kappa shape index (κ2) is 8.97. The topological polar surface area (TPSA) is 86.8 Å². The summed E-state index contributed by atoms with van der Waals surface area (Å²) in [6.45, 7) is 6.95. The van der Waals surface area contributed by atoms with Crippen LogP contribution >= 0.6 is 0 Å². The fraction of sp³-hybridized carbons (Fsp3) is 0.364. The second-order valence-electron chi connectivity index (χ2n) is 7.70. The summed E-state index contributed by atoms with van der Waals surface area (Å²) in [6, 6.07) is 13.4. The molecule has 0 aliphatic carbocycles. The third kappa shape index (κ3) is 4.88. The molecule has 0 radical (unpaired) electrons. The predicted molar refractivity (Wildman–Crippen MR) is 115 cm³/mol. The minimum Gasteiger partial charge on any atom is -0.335 e. The molecule has 0 saturated carbocycles. The first-order chi connectivity index (χ1) is 14.2. The molecule has 1 aliphatic rings. The quantitative estimate of drug-likeness (QED) is 0.790. The summed E-state index contributed by atoms with van der Waals surface area (Å²) in [7, 11) is -3.69. The van der Waals surface area contributed by atoms with E-state index in [9.17, 15) is 18.0 Å². The minimum absolute atomic E-state index is 0.0493. The minimum atomic E-state index is -3.69. The van der Waals surface area contributed by atoms with E-state index in [0.717, 1.165) is 0 Å². The lowest BCUT2D eigenvalue weighted by molar-refractivity contribution is 0.0535. The molecule has 1 fully saturated rings. The van der Waals surface area contributed by atoms with Crippen LogP contribution in [0.4, 0.5) is 0 Å². The van der Waals surface area contributed by atoms with Crippen molar-refractivity contribution in [1.29, 1.82) is 0 Å². The maximum absolute atomic E-state index is 13.1. The van der Waals surface area contributed by atoms with E-state index >= 15 is 0 Å². The lowest BCUT2D eigenvalue weighted by atomic mass is 10.1. The van der Waals surface area contributed by atoms with Crippen molar-refractivity contribution >= 4 is 21.8 Å². The zero-order valence-electron chi connectivity index (χ0n) is 17.5. The van der Waals surface area contributed by atoms with Gasteiger partial charge in [-0.2, -0.15) is 0 Å². The van der Waals surface area contributed by atoms with E-state index in [1.165, 1.54) is 12.1 Å². The Morgan fingerprint density at radius 1 is 0.900 bits per heavy atom. The maximum Gasteiger partial charge on any atom is 0.254 e. The van der Waals surface area contributed by atoms with Gasteiger partial charge in [0.05, 0.1) is 4.90 Å². The summed E-state index contributed by atoms with van der Waals surface area (Å²) in [6.07, 6.45) is 0. The number of nitrogens with zero attached hydrogens (tertiary/aromatic N) is 2. The summed E-state index contributed by atoms with van der Waals surface area (Å²) in [5, 5.41) is 0. The average Bonchev–Trinajstić information content (AvgIpc) is 2.73. The number of amides is 2. The summed E-state index contributed by atoms with van der Waals surface area (Å²) in [4.78, 5) is 29.1. The summed E-state index contributed by atoms with van der Waals surface area (Å²) < 4.78 is 27.5. The van der Waals surface area contributed by atoms with Crippen LogP contribution < -0.4 is 4.72 Å². The SMILES string of the molecule is Cc1ccc(S(=O)(=O)NC(C)C)cc1C(=O)N1CCN(C(=O)c2ccccc2)CC1. The number of carbonyl (C=O) groups is 2. The number of sulfonamides is 1. The first-order valence-electron chi connectivity index (χ1n) is 9.95. The molecule has 0 atom stereocenters. The molecule has 1 saturated heterocycles. The van der Waals surface area contributed by atoms with Gasteiger partial charge in [0.25, 0.3) is 11.8 Å². The molecule has 0 spiro atoms. The Morgan fingerprint density at radius 3 is 2.03 bits per heavy atom. The Bertz CT molecular complexity index is 1030. The van der Waals surface area contributed by atoms with Crippen molar-refractivity contribution in [3.05, 3.63) is 65.2 Å².